The molecule has 1 unspecified atom stereocenters. The van der Waals surface area contributed by atoms with E-state index in [1.54, 1.807) is 6.92 Å². The average Bonchev–Trinajstić information content (AvgIpc) is 1.97. The van der Waals surface area contributed by atoms with Gasteiger partial charge in [-0.3, -0.25) is 19.8 Å². The summed E-state index contributed by atoms with van der Waals surface area (Å²) in [5.41, 5.74) is 0. The minimum atomic E-state index is -0.656. The van der Waals surface area contributed by atoms with Gasteiger partial charge < -0.3 is 5.11 Å². The van der Waals surface area contributed by atoms with Crippen LogP contribution in [0.25, 0.3) is 0 Å². The molecule has 12 heavy (non-hydrogen) atoms. The second kappa shape index (κ2) is 3.64. The third-order valence-electron chi connectivity index (χ3n) is 1.60. The van der Waals surface area contributed by atoms with Crippen molar-refractivity contribution in [3.8, 4) is 0 Å². The molecule has 0 spiro atoms. The predicted molar refractivity (Wildman–Crippen MR) is 41.3 cm³/mol. The Morgan fingerprint density at radius 3 is 2.42 bits per heavy atom. The van der Waals surface area contributed by atoms with Crippen LogP contribution in [0, 0.1) is 0 Å². The highest BCUT2D eigenvalue weighted by Gasteiger charge is 2.25. The molecule has 0 aromatic rings. The van der Waals surface area contributed by atoms with E-state index in [1.165, 1.54) is 0 Å². The quantitative estimate of drug-likeness (QED) is 0.488. The molecule has 1 fully saturated rings. The SMILES string of the molecule is CC(O)CN1C(=O)CNCC1=O. The number of hydrogen-bond acceptors (Lipinski definition) is 4. The van der Waals surface area contributed by atoms with Crippen LogP contribution < -0.4 is 5.32 Å². The van der Waals surface area contributed by atoms with Gasteiger partial charge in [-0.1, -0.05) is 0 Å². The maximum absolute atomic E-state index is 11.1. The Bertz CT molecular complexity index is 187. The summed E-state index contributed by atoms with van der Waals surface area (Å²) in [6, 6.07) is 0. The molecule has 0 bridgehead atoms. The molecule has 5 nitrogen and oxygen atoms in total. The maximum atomic E-state index is 11.1. The Balaban J connectivity index is 2.57. The number of carbonyl (C=O) groups excluding carboxylic acids is 2. The van der Waals surface area contributed by atoms with Crippen LogP contribution in [-0.4, -0.2) is 47.6 Å². The lowest BCUT2D eigenvalue weighted by Crippen LogP contribution is -2.53. The van der Waals surface area contributed by atoms with Crippen molar-refractivity contribution >= 4 is 11.8 Å². The fraction of sp³-hybridized carbons (Fsp3) is 0.714. The highest BCUT2D eigenvalue weighted by atomic mass is 16.3. The van der Waals surface area contributed by atoms with Gasteiger partial charge in [0.15, 0.2) is 0 Å². The van der Waals surface area contributed by atoms with Gasteiger partial charge in [0.1, 0.15) is 0 Å². The second-order valence-corrected chi connectivity index (χ2v) is 2.85. The lowest BCUT2D eigenvalue weighted by atomic mass is 10.3. The summed E-state index contributed by atoms with van der Waals surface area (Å²) >= 11 is 0. The number of nitrogens with one attached hydrogen (secondary N) is 1. The molecule has 0 aliphatic carbocycles. The first kappa shape index (κ1) is 9.15. The molecule has 1 atom stereocenters. The van der Waals surface area contributed by atoms with Crippen LogP contribution in [-0.2, 0) is 9.59 Å². The van der Waals surface area contributed by atoms with Crippen LogP contribution in [0.3, 0.4) is 0 Å². The van der Waals surface area contributed by atoms with Gasteiger partial charge in [0.25, 0.3) is 0 Å². The van der Waals surface area contributed by atoms with Crippen molar-refractivity contribution in [2.45, 2.75) is 13.0 Å². The summed E-state index contributed by atoms with van der Waals surface area (Å²) in [5.74, 6) is -0.542. The molecule has 1 rings (SSSR count). The summed E-state index contributed by atoms with van der Waals surface area (Å²) < 4.78 is 0. The van der Waals surface area contributed by atoms with Crippen molar-refractivity contribution in [3.05, 3.63) is 0 Å². The fourth-order valence-electron chi connectivity index (χ4n) is 1.07. The molecule has 0 aromatic carbocycles. The number of carbonyl (C=O) groups is 2. The van der Waals surface area contributed by atoms with Crippen molar-refractivity contribution in [1.29, 1.82) is 0 Å². The van der Waals surface area contributed by atoms with Crippen LogP contribution in [0.15, 0.2) is 0 Å². The first-order valence-corrected chi connectivity index (χ1v) is 3.83. The number of amides is 2. The second-order valence-electron chi connectivity index (χ2n) is 2.85. The lowest BCUT2D eigenvalue weighted by molar-refractivity contribution is -0.148. The molecule has 2 amide bonds. The zero-order valence-corrected chi connectivity index (χ0v) is 6.91. The Labute approximate surface area is 70.4 Å². The van der Waals surface area contributed by atoms with Gasteiger partial charge in [-0.15, -0.1) is 0 Å². The highest BCUT2D eigenvalue weighted by Crippen LogP contribution is 1.97. The molecule has 2 N–H and O–H groups in total. The summed E-state index contributed by atoms with van der Waals surface area (Å²) in [7, 11) is 0. The number of rotatable bonds is 2. The van der Waals surface area contributed by atoms with E-state index in [9.17, 15) is 9.59 Å². The molecule has 0 aromatic heterocycles. The molecular weight excluding hydrogens is 160 g/mol. The summed E-state index contributed by atoms with van der Waals surface area (Å²) in [4.78, 5) is 23.2. The number of aliphatic hydroxyl groups is 1. The molecule has 1 saturated heterocycles. The van der Waals surface area contributed by atoms with E-state index >= 15 is 0 Å². The molecule has 68 valence electrons. The van der Waals surface area contributed by atoms with Gasteiger partial charge in [0.05, 0.1) is 25.7 Å². The Hall–Kier alpha value is -0.940. The van der Waals surface area contributed by atoms with Crippen molar-refractivity contribution in [2.24, 2.45) is 0 Å². The molecule has 0 saturated carbocycles. The van der Waals surface area contributed by atoms with E-state index in [0.29, 0.717) is 0 Å². The highest BCUT2D eigenvalue weighted by molar-refractivity contribution is 5.99. The number of aliphatic hydroxyl groups excluding tert-OH is 1. The molecular formula is C7H12N2O3. The maximum Gasteiger partial charge on any atom is 0.243 e. The zero-order valence-electron chi connectivity index (χ0n) is 6.91. The molecule has 1 heterocycles. The van der Waals surface area contributed by atoms with Crippen LogP contribution in [0.2, 0.25) is 0 Å². The molecule has 0 radical (unpaired) electrons. The first-order valence-electron chi connectivity index (χ1n) is 3.83. The van der Waals surface area contributed by atoms with Crippen LogP contribution >= 0.6 is 0 Å². The summed E-state index contributed by atoms with van der Waals surface area (Å²) in [6.07, 6.45) is -0.656. The van der Waals surface area contributed by atoms with Crippen LogP contribution in [0.5, 0.6) is 0 Å². The molecule has 5 heteroatoms. The Morgan fingerprint density at radius 2 is 2.00 bits per heavy atom. The lowest BCUT2D eigenvalue weighted by Gasteiger charge is -2.26. The van der Waals surface area contributed by atoms with Crippen LogP contribution in [0.4, 0.5) is 0 Å². The van der Waals surface area contributed by atoms with Gasteiger partial charge in [0.2, 0.25) is 11.8 Å². The third kappa shape index (κ3) is 2.02. The van der Waals surface area contributed by atoms with Crippen molar-refractivity contribution < 1.29 is 14.7 Å². The van der Waals surface area contributed by atoms with Gasteiger partial charge in [-0.05, 0) is 6.92 Å². The monoisotopic (exact) mass is 172 g/mol. The molecule has 1 aliphatic rings. The number of piperazine rings is 1. The first-order chi connectivity index (χ1) is 5.61. The Kier molecular flexibility index (Phi) is 2.78. The topological polar surface area (TPSA) is 69.6 Å². The fourth-order valence-corrected chi connectivity index (χ4v) is 1.07. The van der Waals surface area contributed by atoms with E-state index in [4.69, 9.17) is 5.11 Å². The normalized spacial score (nSPS) is 21.3. The Morgan fingerprint density at radius 1 is 1.50 bits per heavy atom. The number of imide groups is 1. The standard InChI is InChI=1S/C7H12N2O3/c1-5(10)4-9-6(11)2-8-3-7(9)12/h5,8,10H,2-4H2,1H3. The van der Waals surface area contributed by atoms with Gasteiger partial charge in [0, 0.05) is 0 Å². The molecule has 1 aliphatic heterocycles. The number of β-amino-alcohol motifs (C(OH)–C–C–N with tert-alkyl or cyclic N) is 1. The van der Waals surface area contributed by atoms with Gasteiger partial charge in [-0.2, -0.15) is 0 Å². The minimum Gasteiger partial charge on any atom is -0.392 e. The predicted octanol–water partition coefficient (Wildman–Crippen LogP) is -1.67. The van der Waals surface area contributed by atoms with Gasteiger partial charge in [-0.25, -0.2) is 0 Å². The van der Waals surface area contributed by atoms with E-state index in [2.05, 4.69) is 5.32 Å². The number of nitrogens with zero attached hydrogens (tertiary/aromatic N) is 1. The number of hydrogen-bond donors (Lipinski definition) is 2. The van der Waals surface area contributed by atoms with Crippen molar-refractivity contribution in [1.82, 2.24) is 10.2 Å². The zero-order chi connectivity index (χ0) is 9.14. The van der Waals surface area contributed by atoms with Crippen molar-refractivity contribution in [2.75, 3.05) is 19.6 Å². The summed E-state index contributed by atoms with van der Waals surface area (Å²) in [6.45, 7) is 2.00. The third-order valence-corrected chi connectivity index (χ3v) is 1.60. The van der Waals surface area contributed by atoms with E-state index < -0.39 is 6.10 Å². The van der Waals surface area contributed by atoms with Gasteiger partial charge >= 0.3 is 0 Å². The van der Waals surface area contributed by atoms with Crippen LogP contribution in [0.1, 0.15) is 6.92 Å². The largest absolute Gasteiger partial charge is 0.392 e. The smallest absolute Gasteiger partial charge is 0.243 e. The average molecular weight is 172 g/mol. The van der Waals surface area contributed by atoms with E-state index in [-0.39, 0.29) is 31.4 Å². The van der Waals surface area contributed by atoms with E-state index in [0.717, 1.165) is 4.90 Å². The van der Waals surface area contributed by atoms with Crippen molar-refractivity contribution in [3.63, 3.8) is 0 Å². The van der Waals surface area contributed by atoms with E-state index in [1.807, 2.05) is 0 Å². The minimum absolute atomic E-state index is 0.0966. The summed E-state index contributed by atoms with van der Waals surface area (Å²) in [5, 5.41) is 11.6.